The number of nitrogens with zero attached hydrogens (tertiary/aromatic N) is 2. The number of carbonyl (C=O) groups is 1. The Balaban J connectivity index is 1.76. The fourth-order valence-corrected chi connectivity index (χ4v) is 2.75. The van der Waals surface area contributed by atoms with Gasteiger partial charge in [0.25, 0.3) is 0 Å². The second kappa shape index (κ2) is 9.37. The van der Waals surface area contributed by atoms with Crippen LogP contribution in [-0.4, -0.2) is 37.9 Å². The third kappa shape index (κ3) is 5.45. The number of hydrogen-bond donors (Lipinski definition) is 2. The molecule has 0 saturated carbocycles. The summed E-state index contributed by atoms with van der Waals surface area (Å²) in [5.74, 6) is 1.27. The number of methoxy groups -OCH3 is 2. The monoisotopic (exact) mass is 378 g/mol. The van der Waals surface area contributed by atoms with Gasteiger partial charge in [-0.05, 0) is 30.2 Å². The number of benzene rings is 1. The number of amides is 2. The smallest absolute Gasteiger partial charge is 0.335 e. The van der Waals surface area contributed by atoms with Gasteiger partial charge < -0.3 is 14.8 Å². The zero-order chi connectivity index (χ0) is 18.9. The number of hydrogen-bond acceptors (Lipinski definition) is 7. The zero-order valence-corrected chi connectivity index (χ0v) is 15.0. The molecule has 0 saturated heterocycles. The number of urea groups is 1. The molecule has 1 aromatic carbocycles. The Morgan fingerprint density at radius 2 is 2.04 bits per heavy atom. The number of carbonyl (C=O) groups excluding carboxylic acids is 1. The Labute approximate surface area is 153 Å². The normalized spacial score (nSPS) is 10.5. The van der Waals surface area contributed by atoms with Crippen molar-refractivity contribution in [3.63, 3.8) is 0 Å². The molecule has 2 rings (SSSR count). The number of hydrazone groups is 1. The minimum atomic E-state index is -0.476. The lowest BCUT2D eigenvalue weighted by Gasteiger charge is -2.10. The first-order valence-corrected chi connectivity index (χ1v) is 8.37. The minimum absolute atomic E-state index is 0.0193. The maximum Gasteiger partial charge on any atom is 0.335 e. The van der Waals surface area contributed by atoms with E-state index >= 15 is 0 Å². The Kier molecular flexibility index (Phi) is 6.92. The largest absolute Gasteiger partial charge is 0.493 e. The van der Waals surface area contributed by atoms with Crippen molar-refractivity contribution in [2.45, 2.75) is 6.42 Å². The Hall–Kier alpha value is -3.14. The van der Waals surface area contributed by atoms with Crippen LogP contribution in [0.3, 0.4) is 0 Å². The predicted octanol–water partition coefficient (Wildman–Crippen LogP) is 2.55. The van der Waals surface area contributed by atoms with E-state index in [0.29, 0.717) is 29.3 Å². The summed E-state index contributed by atoms with van der Waals surface area (Å²) in [6.07, 6.45) is 1.96. The summed E-state index contributed by atoms with van der Waals surface area (Å²) >= 11 is 0.972. The highest BCUT2D eigenvalue weighted by atomic mass is 32.1. The summed E-state index contributed by atoms with van der Waals surface area (Å²) in [4.78, 5) is 22.4. The van der Waals surface area contributed by atoms with Crippen LogP contribution in [0, 0.1) is 10.1 Å². The highest BCUT2D eigenvalue weighted by molar-refractivity contribution is 7.16. The maximum absolute atomic E-state index is 11.7. The molecule has 0 aliphatic heterocycles. The first-order valence-electron chi connectivity index (χ1n) is 7.55. The van der Waals surface area contributed by atoms with E-state index in [1.54, 1.807) is 26.4 Å². The topological polar surface area (TPSA) is 115 Å². The Bertz CT molecular complexity index is 806. The molecule has 2 N–H and O–H groups in total. The van der Waals surface area contributed by atoms with Gasteiger partial charge in [-0.3, -0.25) is 10.1 Å². The third-order valence-corrected chi connectivity index (χ3v) is 4.27. The fourth-order valence-electron chi connectivity index (χ4n) is 2.06. The molecule has 0 aliphatic carbocycles. The van der Waals surface area contributed by atoms with Gasteiger partial charge in [0.15, 0.2) is 11.5 Å². The van der Waals surface area contributed by atoms with Crippen LogP contribution in [0.5, 0.6) is 11.5 Å². The van der Waals surface area contributed by atoms with Gasteiger partial charge in [-0.2, -0.15) is 5.10 Å². The van der Waals surface area contributed by atoms with Crippen LogP contribution in [0.4, 0.5) is 9.80 Å². The van der Waals surface area contributed by atoms with E-state index in [1.807, 2.05) is 12.1 Å². The molecule has 26 heavy (non-hydrogen) atoms. The highest BCUT2D eigenvalue weighted by Gasteiger charge is 2.08. The maximum atomic E-state index is 11.7. The second-order valence-electron chi connectivity index (χ2n) is 5.00. The molecule has 0 spiro atoms. The molecular weight excluding hydrogens is 360 g/mol. The molecule has 2 aromatic rings. The average molecular weight is 378 g/mol. The van der Waals surface area contributed by atoms with Crippen LogP contribution >= 0.6 is 11.3 Å². The summed E-state index contributed by atoms with van der Waals surface area (Å²) < 4.78 is 10.4. The molecular formula is C16H18N4O5S. The first-order chi connectivity index (χ1) is 12.5. The molecule has 1 heterocycles. The molecule has 10 heteroatoms. The summed E-state index contributed by atoms with van der Waals surface area (Å²) in [5, 5.41) is 17.0. The van der Waals surface area contributed by atoms with E-state index in [1.165, 1.54) is 12.3 Å². The fraction of sp³-hybridized carbons (Fsp3) is 0.250. The standard InChI is InChI=1S/C16H18N4O5S/c1-24-13-5-3-11(9-14(13)25-2)7-8-17-16(21)19-18-10-12-4-6-15(26-12)20(22)23/h3-6,9-10H,7-8H2,1-2H3,(H2,17,19,21)/b18-10+. The van der Waals surface area contributed by atoms with Crippen LogP contribution < -0.4 is 20.2 Å². The van der Waals surface area contributed by atoms with Crippen molar-refractivity contribution in [3.8, 4) is 11.5 Å². The predicted molar refractivity (Wildman–Crippen MR) is 98.4 cm³/mol. The van der Waals surface area contributed by atoms with E-state index in [-0.39, 0.29) is 5.00 Å². The quantitative estimate of drug-likeness (QED) is 0.416. The number of nitro groups is 1. The summed E-state index contributed by atoms with van der Waals surface area (Å²) in [6, 6.07) is 8.02. The number of ether oxygens (including phenoxy) is 2. The average Bonchev–Trinajstić information content (AvgIpc) is 3.11. The van der Waals surface area contributed by atoms with Crippen molar-refractivity contribution < 1.29 is 19.2 Å². The van der Waals surface area contributed by atoms with E-state index in [0.717, 1.165) is 16.9 Å². The second-order valence-corrected chi connectivity index (χ2v) is 6.09. The number of thiophene rings is 1. The molecule has 0 atom stereocenters. The lowest BCUT2D eigenvalue weighted by molar-refractivity contribution is -0.380. The van der Waals surface area contributed by atoms with Gasteiger partial charge in [0.1, 0.15) is 0 Å². The SMILES string of the molecule is COc1ccc(CCNC(=O)N/N=C/c2ccc([N+](=O)[O-])s2)cc1OC. The van der Waals surface area contributed by atoms with Gasteiger partial charge in [0.05, 0.1) is 30.2 Å². The Morgan fingerprint density at radius 3 is 2.69 bits per heavy atom. The highest BCUT2D eigenvalue weighted by Crippen LogP contribution is 2.27. The van der Waals surface area contributed by atoms with Crippen molar-refractivity contribution in [2.75, 3.05) is 20.8 Å². The van der Waals surface area contributed by atoms with Crippen molar-refractivity contribution in [1.82, 2.24) is 10.7 Å². The number of nitrogens with one attached hydrogen (secondary N) is 2. The molecule has 0 radical (unpaired) electrons. The van der Waals surface area contributed by atoms with Gasteiger partial charge in [0, 0.05) is 12.6 Å². The van der Waals surface area contributed by atoms with Crippen molar-refractivity contribution in [1.29, 1.82) is 0 Å². The van der Waals surface area contributed by atoms with Crippen LogP contribution in [0.25, 0.3) is 0 Å². The summed E-state index contributed by atoms with van der Waals surface area (Å²) in [5.41, 5.74) is 3.29. The van der Waals surface area contributed by atoms with E-state index in [2.05, 4.69) is 15.8 Å². The van der Waals surface area contributed by atoms with E-state index in [4.69, 9.17) is 9.47 Å². The molecule has 138 valence electrons. The van der Waals surface area contributed by atoms with Gasteiger partial charge >= 0.3 is 11.0 Å². The molecule has 0 unspecified atom stereocenters. The van der Waals surface area contributed by atoms with Crippen LogP contribution in [-0.2, 0) is 6.42 Å². The van der Waals surface area contributed by atoms with Gasteiger partial charge in [-0.1, -0.05) is 17.4 Å². The molecule has 1 aromatic heterocycles. The molecule has 0 bridgehead atoms. The molecule has 9 nitrogen and oxygen atoms in total. The lowest BCUT2D eigenvalue weighted by atomic mass is 10.1. The van der Waals surface area contributed by atoms with Crippen LogP contribution in [0.2, 0.25) is 0 Å². The van der Waals surface area contributed by atoms with Gasteiger partial charge in [-0.15, -0.1) is 0 Å². The summed E-state index contributed by atoms with van der Waals surface area (Å²) in [7, 11) is 3.13. The van der Waals surface area contributed by atoms with Gasteiger partial charge in [-0.25, -0.2) is 10.2 Å². The number of rotatable bonds is 8. The van der Waals surface area contributed by atoms with Crippen LogP contribution in [0.15, 0.2) is 35.4 Å². The molecule has 0 fully saturated rings. The minimum Gasteiger partial charge on any atom is -0.493 e. The zero-order valence-electron chi connectivity index (χ0n) is 14.2. The first kappa shape index (κ1) is 19.2. The third-order valence-electron chi connectivity index (χ3n) is 3.30. The van der Waals surface area contributed by atoms with E-state index < -0.39 is 11.0 Å². The van der Waals surface area contributed by atoms with Crippen molar-refractivity contribution >= 4 is 28.6 Å². The van der Waals surface area contributed by atoms with Gasteiger partial charge in [0.2, 0.25) is 0 Å². The lowest BCUT2D eigenvalue weighted by Crippen LogP contribution is -2.33. The molecule has 2 amide bonds. The Morgan fingerprint density at radius 1 is 1.27 bits per heavy atom. The van der Waals surface area contributed by atoms with Crippen molar-refractivity contribution in [2.24, 2.45) is 5.10 Å². The summed E-state index contributed by atoms with van der Waals surface area (Å²) in [6.45, 7) is 0.404. The van der Waals surface area contributed by atoms with E-state index in [9.17, 15) is 14.9 Å². The van der Waals surface area contributed by atoms with Crippen molar-refractivity contribution in [3.05, 3.63) is 50.9 Å². The van der Waals surface area contributed by atoms with Crippen LogP contribution in [0.1, 0.15) is 10.4 Å². The molecule has 0 aliphatic rings.